The molecule has 1 aromatic carbocycles. The molecule has 1 N–H and O–H groups in total. The van der Waals surface area contributed by atoms with Gasteiger partial charge in [0.2, 0.25) is 5.91 Å². The van der Waals surface area contributed by atoms with E-state index in [2.05, 4.69) is 16.8 Å². The number of carbonyl (C=O) groups is 2. The first-order chi connectivity index (χ1) is 16.2. The number of urea groups is 1. The van der Waals surface area contributed by atoms with Gasteiger partial charge in [-0.15, -0.1) is 11.3 Å². The Morgan fingerprint density at radius 1 is 1.21 bits per heavy atom. The molecule has 0 fully saturated rings. The molecule has 1 aliphatic heterocycles. The molecule has 0 saturated heterocycles. The normalized spacial score (nSPS) is 15.4. The lowest BCUT2D eigenvalue weighted by molar-refractivity contribution is -0.135. The molecule has 2 aromatic rings. The summed E-state index contributed by atoms with van der Waals surface area (Å²) in [4.78, 5) is 30.9. The van der Waals surface area contributed by atoms with Crippen LogP contribution >= 0.6 is 11.3 Å². The topological polar surface area (TPSA) is 80.3 Å². The van der Waals surface area contributed by atoms with Crippen LogP contribution < -0.4 is 14.8 Å². The number of ether oxygens (including phenoxy) is 3. The first-order valence-corrected chi connectivity index (χ1v) is 12.3. The Morgan fingerprint density at radius 3 is 2.68 bits per heavy atom. The smallest absolute Gasteiger partial charge is 0.318 e. The first-order valence-electron chi connectivity index (χ1n) is 11.4. The molecular formula is C25H35N3O5S. The molecule has 186 valence electrons. The molecule has 34 heavy (non-hydrogen) atoms. The molecule has 9 heteroatoms. The molecule has 1 aliphatic rings. The lowest BCUT2D eigenvalue weighted by Gasteiger charge is -2.37. The first kappa shape index (κ1) is 25.8. The van der Waals surface area contributed by atoms with Crippen molar-refractivity contribution in [3.63, 3.8) is 0 Å². The molecule has 3 rings (SSSR count). The number of carbonyl (C=O) groups excluding carboxylic acids is 2. The highest BCUT2D eigenvalue weighted by Gasteiger charge is 2.34. The monoisotopic (exact) mass is 489 g/mol. The minimum atomic E-state index is -0.407. The molecule has 3 amide bonds. The number of thiophene rings is 1. The van der Waals surface area contributed by atoms with E-state index in [4.69, 9.17) is 14.2 Å². The number of nitrogens with zero attached hydrogens (tertiary/aromatic N) is 2. The van der Waals surface area contributed by atoms with Gasteiger partial charge in [0.25, 0.3) is 0 Å². The van der Waals surface area contributed by atoms with Gasteiger partial charge < -0.3 is 29.3 Å². The number of fused-ring (bicyclic) bond motifs is 1. The fourth-order valence-electron chi connectivity index (χ4n) is 3.85. The number of benzene rings is 1. The maximum Gasteiger partial charge on any atom is 0.318 e. The van der Waals surface area contributed by atoms with Crippen molar-refractivity contribution >= 4 is 23.3 Å². The summed E-state index contributed by atoms with van der Waals surface area (Å²) < 4.78 is 16.5. The number of methoxy groups -OCH3 is 2. The van der Waals surface area contributed by atoms with Crippen molar-refractivity contribution in [1.82, 2.24) is 15.1 Å². The fourth-order valence-corrected chi connectivity index (χ4v) is 4.78. The number of rotatable bonds is 9. The van der Waals surface area contributed by atoms with E-state index in [0.29, 0.717) is 37.8 Å². The lowest BCUT2D eigenvalue weighted by atomic mass is 10.0. The molecule has 2 heterocycles. The second kappa shape index (κ2) is 11.6. The summed E-state index contributed by atoms with van der Waals surface area (Å²) in [6.07, 6.45) is 0.792. The minimum absolute atomic E-state index is 0.0274. The summed E-state index contributed by atoms with van der Waals surface area (Å²) in [7, 11) is 3.19. The minimum Gasteiger partial charge on any atom is -0.497 e. The molecule has 0 aliphatic carbocycles. The van der Waals surface area contributed by atoms with Gasteiger partial charge in [-0.2, -0.15) is 0 Å². The van der Waals surface area contributed by atoms with Gasteiger partial charge in [0.15, 0.2) is 0 Å². The fraction of sp³-hybridized carbons (Fsp3) is 0.520. The molecule has 0 saturated carbocycles. The predicted molar refractivity (Wildman–Crippen MR) is 133 cm³/mol. The summed E-state index contributed by atoms with van der Waals surface area (Å²) in [5.74, 6) is 1.28. The zero-order valence-corrected chi connectivity index (χ0v) is 21.4. The van der Waals surface area contributed by atoms with E-state index in [-0.39, 0.29) is 24.5 Å². The Kier molecular flexibility index (Phi) is 8.79. The molecule has 0 spiro atoms. The third kappa shape index (κ3) is 6.87. The van der Waals surface area contributed by atoms with Gasteiger partial charge in [-0.05, 0) is 56.3 Å². The zero-order valence-electron chi connectivity index (χ0n) is 20.6. The van der Waals surface area contributed by atoms with Crippen LogP contribution in [0.2, 0.25) is 0 Å². The van der Waals surface area contributed by atoms with Crippen LogP contribution in [0.15, 0.2) is 35.7 Å². The van der Waals surface area contributed by atoms with E-state index in [1.807, 2.05) is 49.9 Å². The molecule has 8 nitrogen and oxygen atoms in total. The van der Waals surface area contributed by atoms with E-state index in [9.17, 15) is 9.59 Å². The van der Waals surface area contributed by atoms with Gasteiger partial charge in [0.05, 0.1) is 19.8 Å². The van der Waals surface area contributed by atoms with Gasteiger partial charge in [0, 0.05) is 36.7 Å². The predicted octanol–water partition coefficient (Wildman–Crippen LogP) is 3.72. The van der Waals surface area contributed by atoms with Crippen LogP contribution in [0.25, 0.3) is 0 Å². The van der Waals surface area contributed by atoms with Crippen molar-refractivity contribution in [2.45, 2.75) is 38.8 Å². The highest BCUT2D eigenvalue weighted by molar-refractivity contribution is 7.10. The van der Waals surface area contributed by atoms with E-state index in [1.54, 1.807) is 25.6 Å². The van der Waals surface area contributed by atoms with Crippen molar-refractivity contribution < 1.29 is 23.8 Å². The standard InChI is InChI=1S/C25H35N3O5S/c1-25(2,3)26-24(30)27(12-13-31-4)16-23(29)28-11-9-22-20(10-14-34-22)21(28)17-33-19-8-6-7-18(15-19)32-5/h6-8,10,14-15,21H,9,11-13,16-17H2,1-5H3,(H,26,30)/t21-/m1/s1. The van der Waals surface area contributed by atoms with Crippen molar-refractivity contribution in [1.29, 1.82) is 0 Å². The summed E-state index contributed by atoms with van der Waals surface area (Å²) in [6, 6.07) is 8.97. The third-order valence-electron chi connectivity index (χ3n) is 5.52. The summed E-state index contributed by atoms with van der Waals surface area (Å²) in [5.41, 5.74) is 0.699. The van der Waals surface area contributed by atoms with Crippen LogP contribution in [0.4, 0.5) is 4.79 Å². The molecule has 0 bridgehead atoms. The van der Waals surface area contributed by atoms with Crippen LogP contribution in [0.3, 0.4) is 0 Å². The molecule has 1 atom stereocenters. The van der Waals surface area contributed by atoms with E-state index in [0.717, 1.165) is 12.0 Å². The highest BCUT2D eigenvalue weighted by atomic mass is 32.1. The largest absolute Gasteiger partial charge is 0.497 e. The van der Waals surface area contributed by atoms with Crippen LogP contribution in [-0.4, -0.2) is 74.3 Å². The van der Waals surface area contributed by atoms with E-state index in [1.165, 1.54) is 9.78 Å². The van der Waals surface area contributed by atoms with Gasteiger partial charge in [0.1, 0.15) is 24.7 Å². The number of amides is 3. The van der Waals surface area contributed by atoms with E-state index < -0.39 is 5.54 Å². The summed E-state index contributed by atoms with van der Waals surface area (Å²) in [6.45, 7) is 7.28. The average Bonchev–Trinajstić information content (AvgIpc) is 3.28. The Bertz CT molecular complexity index is 971. The molecule has 0 radical (unpaired) electrons. The zero-order chi connectivity index (χ0) is 24.7. The Morgan fingerprint density at radius 2 is 1.97 bits per heavy atom. The van der Waals surface area contributed by atoms with Crippen molar-refractivity contribution in [3.05, 3.63) is 46.2 Å². The van der Waals surface area contributed by atoms with Gasteiger partial charge in [-0.25, -0.2) is 4.79 Å². The quantitative estimate of drug-likeness (QED) is 0.581. The number of hydrogen-bond donors (Lipinski definition) is 1. The van der Waals surface area contributed by atoms with Gasteiger partial charge in [-0.1, -0.05) is 6.07 Å². The Balaban J connectivity index is 1.76. The SMILES string of the molecule is COCCN(CC(=O)N1CCc2sccc2[C@H]1COc1cccc(OC)c1)C(=O)NC(C)(C)C. The molecular weight excluding hydrogens is 454 g/mol. The Hall–Kier alpha value is -2.78. The van der Waals surface area contributed by atoms with Crippen LogP contribution in [-0.2, 0) is 16.0 Å². The van der Waals surface area contributed by atoms with E-state index >= 15 is 0 Å². The van der Waals surface area contributed by atoms with Crippen LogP contribution in [0, 0.1) is 0 Å². The second-order valence-electron chi connectivity index (χ2n) is 9.24. The average molecular weight is 490 g/mol. The van der Waals surface area contributed by atoms with Crippen LogP contribution in [0.1, 0.15) is 37.3 Å². The second-order valence-corrected chi connectivity index (χ2v) is 10.2. The van der Waals surface area contributed by atoms with Gasteiger partial charge in [-0.3, -0.25) is 4.79 Å². The summed E-state index contributed by atoms with van der Waals surface area (Å²) >= 11 is 1.70. The van der Waals surface area contributed by atoms with Crippen molar-refractivity contribution in [3.8, 4) is 11.5 Å². The molecule has 0 unspecified atom stereocenters. The summed E-state index contributed by atoms with van der Waals surface area (Å²) in [5, 5.41) is 5.00. The molecule has 1 aromatic heterocycles. The van der Waals surface area contributed by atoms with Crippen LogP contribution in [0.5, 0.6) is 11.5 Å². The number of hydrogen-bond acceptors (Lipinski definition) is 6. The van der Waals surface area contributed by atoms with Crippen molar-refractivity contribution in [2.75, 3.05) is 47.1 Å². The number of nitrogens with one attached hydrogen (secondary N) is 1. The Labute approximate surface area is 205 Å². The third-order valence-corrected chi connectivity index (χ3v) is 6.52. The van der Waals surface area contributed by atoms with Gasteiger partial charge >= 0.3 is 6.03 Å². The highest BCUT2D eigenvalue weighted by Crippen LogP contribution is 2.34. The lowest BCUT2D eigenvalue weighted by Crippen LogP contribution is -2.53. The maximum absolute atomic E-state index is 13.5. The maximum atomic E-state index is 13.5. The van der Waals surface area contributed by atoms with Crippen molar-refractivity contribution in [2.24, 2.45) is 0 Å².